The number of likely N-dealkylation sites (tertiary alicyclic amines) is 1. The summed E-state index contributed by atoms with van der Waals surface area (Å²) >= 11 is 0. The molecule has 27 heavy (non-hydrogen) atoms. The summed E-state index contributed by atoms with van der Waals surface area (Å²) < 4.78 is 10.6. The molecule has 0 radical (unpaired) electrons. The van der Waals surface area contributed by atoms with Crippen LogP contribution >= 0.6 is 0 Å². The number of nitrogens with zero attached hydrogens (tertiary/aromatic N) is 1. The first-order valence-corrected chi connectivity index (χ1v) is 9.29. The molecule has 0 saturated carbocycles. The lowest BCUT2D eigenvalue weighted by molar-refractivity contribution is -0.143. The van der Waals surface area contributed by atoms with Gasteiger partial charge >= 0.3 is 12.1 Å². The highest BCUT2D eigenvalue weighted by Crippen LogP contribution is 2.33. The molecule has 1 fully saturated rings. The van der Waals surface area contributed by atoms with Crippen molar-refractivity contribution in [3.05, 3.63) is 60.2 Å². The summed E-state index contributed by atoms with van der Waals surface area (Å²) in [6.07, 6.45) is 1.16. The maximum Gasteiger partial charge on any atom is 0.410 e. The van der Waals surface area contributed by atoms with Gasteiger partial charge in [-0.05, 0) is 39.2 Å². The van der Waals surface area contributed by atoms with Crippen LogP contribution in [-0.2, 0) is 14.3 Å². The van der Waals surface area contributed by atoms with Gasteiger partial charge in [0.25, 0.3) is 0 Å². The summed E-state index contributed by atoms with van der Waals surface area (Å²) in [6.45, 7) is 6.09. The molecule has 0 spiro atoms. The van der Waals surface area contributed by atoms with Gasteiger partial charge in [-0.1, -0.05) is 54.6 Å². The lowest BCUT2D eigenvalue weighted by Crippen LogP contribution is -2.44. The van der Waals surface area contributed by atoms with Crippen LogP contribution in [0.4, 0.5) is 4.79 Å². The van der Waals surface area contributed by atoms with Gasteiger partial charge in [-0.2, -0.15) is 0 Å². The van der Waals surface area contributed by atoms with Gasteiger partial charge in [-0.25, -0.2) is 4.79 Å². The summed E-state index contributed by atoms with van der Waals surface area (Å²) in [7, 11) is 1.38. The van der Waals surface area contributed by atoms with Crippen LogP contribution < -0.4 is 0 Å². The highest BCUT2D eigenvalue weighted by molar-refractivity contribution is 5.80. The van der Waals surface area contributed by atoms with E-state index in [1.54, 1.807) is 4.90 Å². The van der Waals surface area contributed by atoms with Crippen LogP contribution in [0.5, 0.6) is 0 Å². The van der Waals surface area contributed by atoms with Gasteiger partial charge in [0.15, 0.2) is 0 Å². The smallest absolute Gasteiger partial charge is 0.410 e. The number of amides is 1. The Labute approximate surface area is 161 Å². The molecule has 1 aliphatic heterocycles. The van der Waals surface area contributed by atoms with Crippen molar-refractivity contribution in [1.29, 1.82) is 0 Å². The van der Waals surface area contributed by atoms with E-state index in [1.165, 1.54) is 7.11 Å². The molecule has 2 unspecified atom stereocenters. The largest absolute Gasteiger partial charge is 0.468 e. The molecule has 1 aliphatic rings. The number of carbonyl (C=O) groups is 2. The lowest BCUT2D eigenvalue weighted by Gasteiger charge is -2.32. The lowest BCUT2D eigenvalue weighted by atomic mass is 9.90. The average Bonchev–Trinajstić information content (AvgIpc) is 3.08. The van der Waals surface area contributed by atoms with E-state index in [0.717, 1.165) is 18.4 Å². The van der Waals surface area contributed by atoms with Crippen LogP contribution in [0.25, 0.3) is 0 Å². The first kappa shape index (κ1) is 20.7. The van der Waals surface area contributed by atoms with Crippen molar-refractivity contribution in [3.63, 3.8) is 0 Å². The molecule has 1 amide bonds. The van der Waals surface area contributed by atoms with Gasteiger partial charge < -0.3 is 14.4 Å². The van der Waals surface area contributed by atoms with Gasteiger partial charge in [-0.3, -0.25) is 4.79 Å². The maximum atomic E-state index is 12.7. The second-order valence-corrected chi connectivity index (χ2v) is 7.56. The molecule has 1 aromatic rings. The van der Waals surface area contributed by atoms with Gasteiger partial charge in [0.2, 0.25) is 0 Å². The van der Waals surface area contributed by atoms with Crippen LogP contribution in [0, 0.1) is 0 Å². The fraction of sp³-hybridized carbons (Fsp3) is 0.455. The van der Waals surface area contributed by atoms with Crippen molar-refractivity contribution in [1.82, 2.24) is 4.90 Å². The monoisotopic (exact) mass is 371 g/mol. The molecule has 5 heteroatoms. The van der Waals surface area contributed by atoms with Gasteiger partial charge in [0.05, 0.1) is 13.2 Å². The molecule has 0 bridgehead atoms. The Bertz CT molecular complexity index is 684. The number of ether oxygens (including phenoxy) is 2. The van der Waals surface area contributed by atoms with Crippen LogP contribution in [0.2, 0.25) is 0 Å². The highest BCUT2D eigenvalue weighted by Gasteiger charge is 2.41. The van der Waals surface area contributed by atoms with Crippen molar-refractivity contribution >= 4 is 12.1 Å². The first-order chi connectivity index (χ1) is 12.8. The predicted molar refractivity (Wildman–Crippen MR) is 105 cm³/mol. The van der Waals surface area contributed by atoms with Crippen LogP contribution in [0.1, 0.15) is 45.1 Å². The normalized spacial score (nSPS) is 17.6. The first-order valence-electron chi connectivity index (χ1n) is 9.29. The SMILES string of the molecule is COC(=O)C(c1ccccccccc1)C1CCCN1C(=O)OC(C)(C)C. The molecule has 2 atom stereocenters. The Kier molecular flexibility index (Phi) is 7.22. The number of carbonyl (C=O) groups excluding carboxylic acids is 2. The molecular formula is C22H29NO4. The number of methoxy groups -OCH3 is 1. The van der Waals surface area contributed by atoms with Crippen LogP contribution in [-0.4, -0.2) is 42.3 Å². The molecule has 0 aromatic heterocycles. The number of hydrogen-bond acceptors (Lipinski definition) is 4. The molecule has 0 aliphatic carbocycles. The predicted octanol–water partition coefficient (Wildman–Crippen LogP) is 4.47. The topological polar surface area (TPSA) is 55.8 Å². The number of rotatable bonds is 3. The molecule has 0 N–H and O–H groups in total. The fourth-order valence-corrected chi connectivity index (χ4v) is 3.25. The van der Waals surface area contributed by atoms with E-state index >= 15 is 0 Å². The minimum Gasteiger partial charge on any atom is -0.468 e. The van der Waals surface area contributed by atoms with Crippen molar-refractivity contribution in [2.75, 3.05) is 13.7 Å². The summed E-state index contributed by atoms with van der Waals surface area (Å²) in [4.78, 5) is 27.0. The van der Waals surface area contributed by atoms with Gasteiger partial charge in [0.1, 0.15) is 11.5 Å². The van der Waals surface area contributed by atoms with E-state index in [-0.39, 0.29) is 18.1 Å². The van der Waals surface area contributed by atoms with Gasteiger partial charge in [-0.15, -0.1) is 0 Å². The standard InChI is InChI=1S/C22H29NO4/c1-22(2,3)27-21(25)23-16-12-15-18(23)19(20(24)26-4)17-13-10-8-6-5-7-9-11-14-17/h5-11,13-14,18-19H,12,15-16H2,1-4H3. The molecule has 1 saturated heterocycles. The molecule has 1 aromatic carbocycles. The average molecular weight is 371 g/mol. The number of esters is 1. The number of hydrogen-bond donors (Lipinski definition) is 0. The maximum absolute atomic E-state index is 12.7. The summed E-state index contributed by atoms with van der Waals surface area (Å²) in [5, 5.41) is 0. The Balaban J connectivity index is 2.41. The molecular weight excluding hydrogens is 342 g/mol. The second kappa shape index (κ2) is 9.40. The zero-order valence-electron chi connectivity index (χ0n) is 16.6. The summed E-state index contributed by atoms with van der Waals surface area (Å²) in [5.41, 5.74) is 0.221. The van der Waals surface area contributed by atoms with E-state index in [1.807, 2.05) is 75.4 Å². The van der Waals surface area contributed by atoms with Gasteiger partial charge in [0, 0.05) is 6.54 Å². The molecule has 146 valence electrons. The van der Waals surface area contributed by atoms with Crippen LogP contribution in [0.3, 0.4) is 0 Å². The van der Waals surface area contributed by atoms with E-state index in [9.17, 15) is 9.59 Å². The van der Waals surface area contributed by atoms with Crippen molar-refractivity contribution in [2.45, 2.75) is 51.2 Å². The van der Waals surface area contributed by atoms with Crippen molar-refractivity contribution in [2.24, 2.45) is 0 Å². The Morgan fingerprint density at radius 2 is 1.59 bits per heavy atom. The summed E-state index contributed by atoms with van der Waals surface area (Å²) in [6, 6.07) is 16.8. The Hall–Kier alpha value is -2.56. The quantitative estimate of drug-likeness (QED) is 0.736. The van der Waals surface area contributed by atoms with Crippen LogP contribution in [0.15, 0.2) is 54.6 Å². The minimum atomic E-state index is -0.583. The molecule has 5 nitrogen and oxygen atoms in total. The minimum absolute atomic E-state index is 0.293. The third-order valence-corrected chi connectivity index (χ3v) is 4.37. The third-order valence-electron chi connectivity index (χ3n) is 4.37. The summed E-state index contributed by atoms with van der Waals surface area (Å²) in [5.74, 6) is -0.918. The van der Waals surface area contributed by atoms with E-state index in [0.29, 0.717) is 6.54 Å². The van der Waals surface area contributed by atoms with E-state index in [4.69, 9.17) is 9.47 Å². The Morgan fingerprint density at radius 1 is 1.04 bits per heavy atom. The Morgan fingerprint density at radius 3 is 2.11 bits per heavy atom. The van der Waals surface area contributed by atoms with Crippen molar-refractivity contribution < 1.29 is 19.1 Å². The zero-order valence-corrected chi connectivity index (χ0v) is 16.6. The highest BCUT2D eigenvalue weighted by atomic mass is 16.6. The molecule has 1 heterocycles. The second-order valence-electron chi connectivity index (χ2n) is 7.56. The third kappa shape index (κ3) is 5.98. The molecule has 2 rings (SSSR count). The zero-order chi connectivity index (χ0) is 19.9. The fourth-order valence-electron chi connectivity index (χ4n) is 3.25. The van der Waals surface area contributed by atoms with Crippen molar-refractivity contribution in [3.8, 4) is 0 Å². The van der Waals surface area contributed by atoms with E-state index in [2.05, 4.69) is 0 Å². The van der Waals surface area contributed by atoms with E-state index < -0.39 is 11.5 Å².